The molecule has 1 N–H and O–H groups in total. The number of aryl methyl sites for hydroxylation is 2. The summed E-state index contributed by atoms with van der Waals surface area (Å²) in [5, 5.41) is 3.94. The molecule has 0 aliphatic rings. The van der Waals surface area contributed by atoms with Crippen molar-refractivity contribution in [2.75, 3.05) is 5.32 Å². The SMILES string of the molecule is Cc1cnccc1NC(=O)c1cc(C)c2ccccc2n1. The summed E-state index contributed by atoms with van der Waals surface area (Å²) in [5.41, 5.74) is 3.96. The molecule has 0 aliphatic carbocycles. The van der Waals surface area contributed by atoms with Crippen molar-refractivity contribution in [3.63, 3.8) is 0 Å². The lowest BCUT2D eigenvalue weighted by Crippen LogP contribution is -2.15. The molecular formula is C17H15N3O. The molecule has 2 heterocycles. The summed E-state index contributed by atoms with van der Waals surface area (Å²) in [4.78, 5) is 20.8. The first-order valence-electron chi connectivity index (χ1n) is 6.73. The minimum absolute atomic E-state index is 0.210. The van der Waals surface area contributed by atoms with Gasteiger partial charge in [-0.2, -0.15) is 0 Å². The van der Waals surface area contributed by atoms with Crippen molar-refractivity contribution in [1.29, 1.82) is 0 Å². The molecule has 3 aromatic rings. The number of carbonyl (C=O) groups is 1. The number of hydrogen-bond donors (Lipinski definition) is 1. The summed E-state index contributed by atoms with van der Waals surface area (Å²) in [5.74, 6) is -0.210. The standard InChI is InChI=1S/C17H15N3O/c1-11-9-16(19-15-6-4-3-5-13(11)15)17(21)20-14-7-8-18-10-12(14)2/h3-10H,1-2H3,(H,18,20,21). The largest absolute Gasteiger partial charge is 0.320 e. The Bertz CT molecular complexity index is 827. The minimum Gasteiger partial charge on any atom is -0.320 e. The molecule has 0 fully saturated rings. The second-order valence-corrected chi connectivity index (χ2v) is 4.99. The molecule has 3 rings (SSSR count). The zero-order valence-electron chi connectivity index (χ0n) is 11.9. The molecule has 0 aliphatic heterocycles. The lowest BCUT2D eigenvalue weighted by molar-refractivity contribution is 0.102. The van der Waals surface area contributed by atoms with Crippen LogP contribution in [0.15, 0.2) is 48.8 Å². The van der Waals surface area contributed by atoms with Gasteiger partial charge in [0.2, 0.25) is 0 Å². The lowest BCUT2D eigenvalue weighted by atomic mass is 10.1. The molecular weight excluding hydrogens is 262 g/mol. The maximum absolute atomic E-state index is 12.4. The fourth-order valence-electron chi connectivity index (χ4n) is 2.27. The van der Waals surface area contributed by atoms with E-state index in [-0.39, 0.29) is 5.91 Å². The van der Waals surface area contributed by atoms with Crippen molar-refractivity contribution in [2.24, 2.45) is 0 Å². The summed E-state index contributed by atoms with van der Waals surface area (Å²) in [6.07, 6.45) is 3.37. The quantitative estimate of drug-likeness (QED) is 0.780. The van der Waals surface area contributed by atoms with Gasteiger partial charge in [-0.3, -0.25) is 9.78 Å². The van der Waals surface area contributed by atoms with Crippen LogP contribution in [0.5, 0.6) is 0 Å². The maximum Gasteiger partial charge on any atom is 0.274 e. The molecule has 0 bridgehead atoms. The highest BCUT2D eigenvalue weighted by Gasteiger charge is 2.11. The molecule has 0 saturated heterocycles. The van der Waals surface area contributed by atoms with Crippen LogP contribution in [0.1, 0.15) is 21.6 Å². The molecule has 1 amide bonds. The van der Waals surface area contributed by atoms with Crippen LogP contribution < -0.4 is 5.32 Å². The molecule has 0 radical (unpaired) electrons. The van der Waals surface area contributed by atoms with Gasteiger partial charge < -0.3 is 5.32 Å². The third-order valence-electron chi connectivity index (χ3n) is 3.42. The molecule has 2 aromatic heterocycles. The van der Waals surface area contributed by atoms with Crippen LogP contribution in [0.3, 0.4) is 0 Å². The van der Waals surface area contributed by atoms with Crippen LogP contribution in [-0.2, 0) is 0 Å². The summed E-state index contributed by atoms with van der Waals surface area (Å²) in [7, 11) is 0. The Morgan fingerprint density at radius 2 is 1.90 bits per heavy atom. The number of rotatable bonds is 2. The Morgan fingerprint density at radius 3 is 2.71 bits per heavy atom. The topological polar surface area (TPSA) is 54.9 Å². The molecule has 0 atom stereocenters. The number of nitrogens with zero attached hydrogens (tertiary/aromatic N) is 2. The van der Waals surface area contributed by atoms with E-state index in [4.69, 9.17) is 0 Å². The Kier molecular flexibility index (Phi) is 3.36. The van der Waals surface area contributed by atoms with Gasteiger partial charge in [-0.05, 0) is 43.2 Å². The molecule has 1 aromatic carbocycles. The van der Waals surface area contributed by atoms with Gasteiger partial charge in [-0.25, -0.2) is 4.98 Å². The third-order valence-corrected chi connectivity index (χ3v) is 3.42. The number of fused-ring (bicyclic) bond motifs is 1. The highest BCUT2D eigenvalue weighted by atomic mass is 16.1. The third kappa shape index (κ3) is 2.60. The van der Waals surface area contributed by atoms with E-state index in [0.29, 0.717) is 5.69 Å². The monoisotopic (exact) mass is 277 g/mol. The van der Waals surface area contributed by atoms with Crippen LogP contribution in [0.2, 0.25) is 0 Å². The van der Waals surface area contributed by atoms with E-state index in [2.05, 4.69) is 15.3 Å². The van der Waals surface area contributed by atoms with Crippen molar-refractivity contribution < 1.29 is 4.79 Å². The van der Waals surface area contributed by atoms with Crippen molar-refractivity contribution in [1.82, 2.24) is 9.97 Å². The van der Waals surface area contributed by atoms with Gasteiger partial charge in [0.05, 0.1) is 5.52 Å². The summed E-state index contributed by atoms with van der Waals surface area (Å²) in [6.45, 7) is 3.89. The van der Waals surface area contributed by atoms with E-state index in [9.17, 15) is 4.79 Å². The Labute approximate surface area is 122 Å². The van der Waals surface area contributed by atoms with E-state index >= 15 is 0 Å². The van der Waals surface area contributed by atoms with Crippen molar-refractivity contribution in [2.45, 2.75) is 13.8 Å². The number of carbonyl (C=O) groups excluding carboxylic acids is 1. The van der Waals surface area contributed by atoms with Gasteiger partial charge in [0.15, 0.2) is 0 Å². The number of benzene rings is 1. The highest BCUT2D eigenvalue weighted by molar-refractivity contribution is 6.04. The Morgan fingerprint density at radius 1 is 1.10 bits per heavy atom. The Hall–Kier alpha value is -2.75. The van der Waals surface area contributed by atoms with Gasteiger partial charge in [0.25, 0.3) is 5.91 Å². The van der Waals surface area contributed by atoms with Gasteiger partial charge in [0, 0.05) is 23.5 Å². The van der Waals surface area contributed by atoms with E-state index in [0.717, 1.165) is 27.7 Å². The van der Waals surface area contributed by atoms with E-state index < -0.39 is 0 Å². The van der Waals surface area contributed by atoms with Crippen LogP contribution in [-0.4, -0.2) is 15.9 Å². The summed E-state index contributed by atoms with van der Waals surface area (Å²) < 4.78 is 0. The number of anilines is 1. The predicted octanol–water partition coefficient (Wildman–Crippen LogP) is 3.50. The molecule has 4 heteroatoms. The van der Waals surface area contributed by atoms with Crippen LogP contribution in [0.25, 0.3) is 10.9 Å². The number of amides is 1. The van der Waals surface area contributed by atoms with Crippen molar-refractivity contribution >= 4 is 22.5 Å². The molecule has 0 unspecified atom stereocenters. The smallest absolute Gasteiger partial charge is 0.274 e. The van der Waals surface area contributed by atoms with Crippen molar-refractivity contribution in [3.05, 3.63) is 65.6 Å². The summed E-state index contributed by atoms with van der Waals surface area (Å²) in [6, 6.07) is 11.4. The van der Waals surface area contributed by atoms with Gasteiger partial charge >= 0.3 is 0 Å². The molecule has 0 saturated carbocycles. The van der Waals surface area contributed by atoms with Crippen molar-refractivity contribution in [3.8, 4) is 0 Å². The number of para-hydroxylation sites is 1. The van der Waals surface area contributed by atoms with Crippen LogP contribution in [0.4, 0.5) is 5.69 Å². The molecule has 0 spiro atoms. The second kappa shape index (κ2) is 5.32. The predicted molar refractivity (Wildman–Crippen MR) is 83.4 cm³/mol. The maximum atomic E-state index is 12.4. The fraction of sp³-hybridized carbons (Fsp3) is 0.118. The van der Waals surface area contributed by atoms with Gasteiger partial charge in [0.1, 0.15) is 5.69 Å². The number of nitrogens with one attached hydrogen (secondary N) is 1. The van der Waals surface area contributed by atoms with E-state index in [1.807, 2.05) is 44.2 Å². The first-order valence-corrected chi connectivity index (χ1v) is 6.73. The van der Waals surface area contributed by atoms with Crippen LogP contribution in [0, 0.1) is 13.8 Å². The summed E-state index contributed by atoms with van der Waals surface area (Å²) >= 11 is 0. The first kappa shape index (κ1) is 13.2. The number of aromatic nitrogens is 2. The normalized spacial score (nSPS) is 10.6. The van der Waals surface area contributed by atoms with E-state index in [1.54, 1.807) is 18.5 Å². The second-order valence-electron chi connectivity index (χ2n) is 4.99. The van der Waals surface area contributed by atoms with Gasteiger partial charge in [-0.1, -0.05) is 18.2 Å². The average Bonchev–Trinajstić information content (AvgIpc) is 2.49. The average molecular weight is 277 g/mol. The minimum atomic E-state index is -0.210. The lowest BCUT2D eigenvalue weighted by Gasteiger charge is -2.09. The zero-order valence-corrected chi connectivity index (χ0v) is 11.9. The molecule has 104 valence electrons. The first-order chi connectivity index (χ1) is 10.1. The zero-order chi connectivity index (χ0) is 14.8. The fourth-order valence-corrected chi connectivity index (χ4v) is 2.27. The van der Waals surface area contributed by atoms with E-state index in [1.165, 1.54) is 0 Å². The van der Waals surface area contributed by atoms with Crippen LogP contribution >= 0.6 is 0 Å². The molecule has 4 nitrogen and oxygen atoms in total. The number of hydrogen-bond acceptors (Lipinski definition) is 3. The molecule has 21 heavy (non-hydrogen) atoms. The van der Waals surface area contributed by atoms with Gasteiger partial charge in [-0.15, -0.1) is 0 Å². The highest BCUT2D eigenvalue weighted by Crippen LogP contribution is 2.19. The Balaban J connectivity index is 1.97. The number of pyridine rings is 2.